The van der Waals surface area contributed by atoms with Crippen LogP contribution in [-0.2, 0) is 26.1 Å². The fourth-order valence-electron chi connectivity index (χ4n) is 4.69. The Hall–Kier alpha value is -4.50. The Morgan fingerprint density at radius 1 is 0.647 bits per heavy atom. The van der Waals surface area contributed by atoms with E-state index in [0.717, 1.165) is 11.1 Å². The lowest BCUT2D eigenvalue weighted by atomic mass is 10.2. The minimum absolute atomic E-state index is 0.104. The van der Waals surface area contributed by atoms with Gasteiger partial charge in [0.2, 0.25) is 0 Å². The van der Waals surface area contributed by atoms with Crippen molar-refractivity contribution in [1.82, 2.24) is 39.0 Å². The van der Waals surface area contributed by atoms with E-state index in [1.807, 2.05) is 60.7 Å². The number of benzene rings is 2. The van der Waals surface area contributed by atoms with Gasteiger partial charge >= 0.3 is 12.2 Å². The van der Waals surface area contributed by atoms with Crippen LogP contribution < -0.4 is 0 Å². The van der Waals surface area contributed by atoms with Crippen LogP contribution in [0, 0.1) is 0 Å². The Morgan fingerprint density at radius 3 is 1.41 bits per heavy atom. The summed E-state index contributed by atoms with van der Waals surface area (Å²) in [5.74, 6) is 1.62. The fraction of sp³-hybridized carbons (Fsp3) is 0.314. The van der Waals surface area contributed by atoms with E-state index in [1.54, 1.807) is 41.5 Å². The first-order chi connectivity index (χ1) is 24.1. The topological polar surface area (TPSA) is 149 Å². The van der Waals surface area contributed by atoms with Gasteiger partial charge in [0, 0.05) is 18.2 Å². The SMILES string of the molecule is CC(C)(C)OC(=O)n1c(CBr)nc2c(Cl)nc(-c3ccccc3)nc21.COCc1nc2c(Cl)nc(-c3ccccc3)nc2n1C(=O)OC(C)(C)C. The molecule has 6 rings (SSSR count). The van der Waals surface area contributed by atoms with Crippen LogP contribution in [0.2, 0.25) is 10.3 Å². The molecular weight excluding hydrogens is 763 g/mol. The van der Waals surface area contributed by atoms with Crippen molar-refractivity contribution < 1.29 is 23.8 Å². The third-order valence-electron chi connectivity index (χ3n) is 6.68. The van der Waals surface area contributed by atoms with Gasteiger partial charge in [-0.2, -0.15) is 0 Å². The zero-order valence-corrected chi connectivity index (χ0v) is 32.0. The highest BCUT2D eigenvalue weighted by molar-refractivity contribution is 9.08. The second-order valence-electron chi connectivity index (χ2n) is 13.0. The number of fused-ring (bicyclic) bond motifs is 2. The van der Waals surface area contributed by atoms with E-state index in [4.69, 9.17) is 37.4 Å². The van der Waals surface area contributed by atoms with E-state index in [1.165, 1.54) is 16.2 Å². The molecule has 51 heavy (non-hydrogen) atoms. The molecule has 0 aliphatic heterocycles. The summed E-state index contributed by atoms with van der Waals surface area (Å²) in [7, 11) is 1.52. The molecule has 0 saturated heterocycles. The first kappa shape index (κ1) is 37.7. The molecule has 0 saturated carbocycles. The van der Waals surface area contributed by atoms with Crippen molar-refractivity contribution in [2.24, 2.45) is 0 Å². The first-order valence-electron chi connectivity index (χ1n) is 15.6. The standard InChI is InChI=1S/C18H19ClN4O3.C17H16BrClN4O2/c1-18(2,3)26-17(24)23-12(10-25-4)20-13-14(19)21-15(22-16(13)23)11-8-6-5-7-9-11;1-17(2,3)25-16(24)23-11(9-18)20-12-13(19)21-14(22-15(12)23)10-7-5-4-6-8-10/h5-9H,10H2,1-4H3;4-8H,9H2,1-3H3. The number of nitrogens with zero attached hydrogens (tertiary/aromatic N) is 8. The molecule has 0 aliphatic carbocycles. The van der Waals surface area contributed by atoms with E-state index >= 15 is 0 Å². The van der Waals surface area contributed by atoms with Crippen LogP contribution in [0.25, 0.3) is 45.1 Å². The van der Waals surface area contributed by atoms with Crippen LogP contribution in [0.4, 0.5) is 9.59 Å². The summed E-state index contributed by atoms with van der Waals surface area (Å²) in [6.45, 7) is 10.9. The molecule has 0 N–H and O–H groups in total. The maximum Gasteiger partial charge on any atom is 0.421 e. The molecule has 4 heterocycles. The van der Waals surface area contributed by atoms with Gasteiger partial charge in [-0.05, 0) is 41.5 Å². The Morgan fingerprint density at radius 2 is 1.04 bits per heavy atom. The first-order valence-corrected chi connectivity index (χ1v) is 17.5. The van der Waals surface area contributed by atoms with E-state index in [2.05, 4.69) is 45.8 Å². The maximum atomic E-state index is 12.7. The van der Waals surface area contributed by atoms with Gasteiger partial charge in [-0.1, -0.05) is 99.8 Å². The zero-order chi connectivity index (χ0) is 37.1. The molecule has 0 aliphatic rings. The molecule has 0 fully saturated rings. The van der Waals surface area contributed by atoms with Crippen LogP contribution in [0.1, 0.15) is 53.2 Å². The third-order valence-corrected chi connectivity index (χ3v) is 7.71. The fourth-order valence-corrected chi connectivity index (χ4v) is 5.48. The molecule has 266 valence electrons. The zero-order valence-electron chi connectivity index (χ0n) is 28.9. The Labute approximate surface area is 312 Å². The average molecular weight is 799 g/mol. The Bertz CT molecular complexity index is 2200. The summed E-state index contributed by atoms with van der Waals surface area (Å²) in [4.78, 5) is 51.8. The number of carbonyl (C=O) groups excluding carboxylic acids is 2. The molecule has 0 amide bonds. The number of aromatic nitrogens is 8. The molecular formula is C35H35BrCl2N8O5. The normalized spacial score (nSPS) is 11.7. The number of alkyl halides is 1. The van der Waals surface area contributed by atoms with Gasteiger partial charge in [0.15, 0.2) is 33.2 Å². The van der Waals surface area contributed by atoms with E-state index in [0.29, 0.717) is 45.3 Å². The van der Waals surface area contributed by atoms with Crippen LogP contribution in [0.3, 0.4) is 0 Å². The van der Waals surface area contributed by atoms with Gasteiger partial charge in [-0.3, -0.25) is 0 Å². The predicted octanol–water partition coefficient (Wildman–Crippen LogP) is 8.90. The van der Waals surface area contributed by atoms with Crippen LogP contribution in [0.15, 0.2) is 60.7 Å². The summed E-state index contributed by atoms with van der Waals surface area (Å²) < 4.78 is 18.7. The molecule has 16 heteroatoms. The number of ether oxygens (including phenoxy) is 3. The number of hydrogen-bond donors (Lipinski definition) is 0. The van der Waals surface area contributed by atoms with Crippen molar-refractivity contribution >= 4 is 73.6 Å². The smallest absolute Gasteiger partial charge is 0.421 e. The quantitative estimate of drug-likeness (QED) is 0.122. The second kappa shape index (κ2) is 15.4. The molecule has 4 aromatic heterocycles. The molecule has 0 bridgehead atoms. The minimum atomic E-state index is -0.670. The number of carbonyl (C=O) groups is 2. The second-order valence-corrected chi connectivity index (χ2v) is 14.3. The molecule has 0 atom stereocenters. The number of methoxy groups -OCH3 is 1. The van der Waals surface area contributed by atoms with Gasteiger partial charge in [-0.25, -0.2) is 48.6 Å². The molecule has 13 nitrogen and oxygen atoms in total. The van der Waals surface area contributed by atoms with E-state index in [-0.39, 0.29) is 22.6 Å². The van der Waals surface area contributed by atoms with Gasteiger partial charge in [0.1, 0.15) is 40.5 Å². The van der Waals surface area contributed by atoms with Gasteiger partial charge in [0.25, 0.3) is 0 Å². The summed E-state index contributed by atoms with van der Waals surface area (Å²) in [5.41, 5.74) is 1.55. The van der Waals surface area contributed by atoms with Gasteiger partial charge < -0.3 is 14.2 Å². The lowest BCUT2D eigenvalue weighted by Crippen LogP contribution is -2.28. The van der Waals surface area contributed by atoms with Crippen molar-refractivity contribution in [1.29, 1.82) is 0 Å². The molecule has 2 aromatic carbocycles. The summed E-state index contributed by atoms with van der Waals surface area (Å²) in [5, 5.41) is 0.696. The number of rotatable bonds is 5. The monoisotopic (exact) mass is 796 g/mol. The molecule has 0 unspecified atom stereocenters. The van der Waals surface area contributed by atoms with Crippen LogP contribution in [0.5, 0.6) is 0 Å². The summed E-state index contributed by atoms with van der Waals surface area (Å²) in [6.07, 6.45) is -1.15. The third kappa shape index (κ3) is 8.87. The number of imidazole rings is 2. The van der Waals surface area contributed by atoms with Crippen molar-refractivity contribution in [3.63, 3.8) is 0 Å². The van der Waals surface area contributed by atoms with Gasteiger partial charge in [-0.15, -0.1) is 0 Å². The number of hydrogen-bond acceptors (Lipinski definition) is 11. The highest BCUT2D eigenvalue weighted by Crippen LogP contribution is 2.28. The average Bonchev–Trinajstić information content (AvgIpc) is 3.63. The van der Waals surface area contributed by atoms with Crippen molar-refractivity contribution in [3.05, 3.63) is 82.6 Å². The molecule has 0 spiro atoms. The maximum absolute atomic E-state index is 12.7. The Balaban J connectivity index is 0.000000198. The Kier molecular flexibility index (Phi) is 11.4. The highest BCUT2D eigenvalue weighted by atomic mass is 79.9. The summed E-state index contributed by atoms with van der Waals surface area (Å²) in [6, 6.07) is 18.8. The van der Waals surface area contributed by atoms with E-state index < -0.39 is 23.4 Å². The molecule has 6 aromatic rings. The minimum Gasteiger partial charge on any atom is -0.443 e. The van der Waals surface area contributed by atoms with Crippen molar-refractivity contribution in [2.75, 3.05) is 7.11 Å². The predicted molar refractivity (Wildman–Crippen MR) is 198 cm³/mol. The van der Waals surface area contributed by atoms with Crippen LogP contribution in [-0.4, -0.2) is 69.5 Å². The lowest BCUT2D eigenvalue weighted by Gasteiger charge is -2.20. The van der Waals surface area contributed by atoms with Crippen molar-refractivity contribution in [3.8, 4) is 22.8 Å². The van der Waals surface area contributed by atoms with Crippen molar-refractivity contribution in [2.45, 2.75) is 64.7 Å². The molecule has 0 radical (unpaired) electrons. The van der Waals surface area contributed by atoms with E-state index in [9.17, 15) is 9.59 Å². The highest BCUT2D eigenvalue weighted by Gasteiger charge is 2.27. The summed E-state index contributed by atoms with van der Waals surface area (Å²) >= 11 is 16.0. The number of halogens is 3. The van der Waals surface area contributed by atoms with Gasteiger partial charge in [0.05, 0.1) is 5.33 Å². The largest absolute Gasteiger partial charge is 0.443 e. The van der Waals surface area contributed by atoms with Crippen LogP contribution >= 0.6 is 39.1 Å². The lowest BCUT2D eigenvalue weighted by molar-refractivity contribution is 0.0519.